The van der Waals surface area contributed by atoms with Gasteiger partial charge < -0.3 is 49.5 Å². The second-order valence-electron chi connectivity index (χ2n) is 13.0. The third-order valence-corrected chi connectivity index (χ3v) is 8.72. The average Bonchev–Trinajstić information content (AvgIpc) is 3.42. The van der Waals surface area contributed by atoms with Crippen LogP contribution in [-0.4, -0.2) is 183 Å². The fourth-order valence-electron chi connectivity index (χ4n) is 5.17. The number of nitrogens with zero attached hydrogens (tertiary/aromatic N) is 4. The van der Waals surface area contributed by atoms with Gasteiger partial charge in [-0.05, 0) is 50.7 Å². The van der Waals surface area contributed by atoms with E-state index in [0.29, 0.717) is 96.1 Å². The van der Waals surface area contributed by atoms with Crippen LogP contribution in [0.2, 0.25) is 0 Å². The summed E-state index contributed by atoms with van der Waals surface area (Å²) < 4.78 is 39.7. The number of carbonyl (C=O) groups excluding carboxylic acids is 5. The molecule has 0 radical (unpaired) electrons. The normalized spacial score (nSPS) is 13.6. The molecule has 0 saturated carbocycles. The van der Waals surface area contributed by atoms with Crippen molar-refractivity contribution in [1.82, 2.24) is 24.9 Å². The highest BCUT2D eigenvalue weighted by atomic mass is 32.2. The minimum atomic E-state index is -0.629. The first-order valence-corrected chi connectivity index (χ1v) is 20.5. The SMILES string of the molecule is CCCN(OCCNC(=O)OCCOCCOCCOCCOCCOCCOCCNC(=O)CN1C(=O)C=CC1=O)C(=O)C1=Cc2ccc(SN(C)C)cc2N=C(N)C1. The van der Waals surface area contributed by atoms with Gasteiger partial charge in [-0.15, -0.1) is 0 Å². The van der Waals surface area contributed by atoms with Crippen molar-refractivity contribution in [2.24, 2.45) is 10.7 Å². The summed E-state index contributed by atoms with van der Waals surface area (Å²) >= 11 is 1.56. The molecule has 20 nitrogen and oxygen atoms in total. The number of hydrogen-bond acceptors (Lipinski definition) is 17. The lowest BCUT2D eigenvalue weighted by Gasteiger charge is -2.22. The predicted octanol–water partition coefficient (Wildman–Crippen LogP) is 1.07. The molecular weight excluding hydrogens is 807 g/mol. The lowest BCUT2D eigenvalue weighted by molar-refractivity contribution is -0.181. The fraction of sp³-hybridized carbons (Fsp3) is 0.590. The van der Waals surface area contributed by atoms with E-state index < -0.39 is 23.8 Å². The highest BCUT2D eigenvalue weighted by molar-refractivity contribution is 7.97. The minimum Gasteiger partial charge on any atom is -0.447 e. The van der Waals surface area contributed by atoms with Gasteiger partial charge in [-0.25, -0.2) is 14.9 Å². The zero-order chi connectivity index (χ0) is 43.4. The molecule has 0 aliphatic carbocycles. The number of fused-ring (bicyclic) bond motifs is 1. The molecule has 0 aromatic heterocycles. The van der Waals surface area contributed by atoms with Crippen molar-refractivity contribution in [1.29, 1.82) is 0 Å². The number of hydrogen-bond donors (Lipinski definition) is 3. The number of hydroxylamine groups is 2. The predicted molar refractivity (Wildman–Crippen MR) is 221 cm³/mol. The van der Waals surface area contributed by atoms with Gasteiger partial charge in [-0.3, -0.25) is 33.2 Å². The fourth-order valence-corrected chi connectivity index (χ4v) is 5.88. The van der Waals surface area contributed by atoms with Crippen molar-refractivity contribution >= 4 is 59.3 Å². The molecule has 3 rings (SSSR count). The summed E-state index contributed by atoms with van der Waals surface area (Å²) in [6.45, 7) is 6.69. The van der Waals surface area contributed by atoms with Gasteiger partial charge in [0.1, 0.15) is 19.0 Å². The molecule has 60 heavy (non-hydrogen) atoms. The zero-order valence-electron chi connectivity index (χ0n) is 34.7. The number of aliphatic imine (C=N–C) groups is 1. The first kappa shape index (κ1) is 49.9. The monoisotopic (exact) mass is 865 g/mol. The van der Waals surface area contributed by atoms with Gasteiger partial charge in [0.05, 0.1) is 91.6 Å². The van der Waals surface area contributed by atoms with Crippen LogP contribution < -0.4 is 16.4 Å². The van der Waals surface area contributed by atoms with E-state index in [0.717, 1.165) is 27.5 Å². The number of rotatable bonds is 32. The number of benzene rings is 1. The summed E-state index contributed by atoms with van der Waals surface area (Å²) in [6.07, 6.45) is 4.27. The number of amidine groups is 1. The Kier molecular flexibility index (Phi) is 24.7. The maximum atomic E-state index is 13.4. The lowest BCUT2D eigenvalue weighted by atomic mass is 10.1. The van der Waals surface area contributed by atoms with Crippen molar-refractivity contribution in [3.8, 4) is 0 Å². The smallest absolute Gasteiger partial charge is 0.407 e. The third-order valence-electron chi connectivity index (χ3n) is 7.89. The summed E-state index contributed by atoms with van der Waals surface area (Å²) in [5.41, 5.74) is 8.13. The van der Waals surface area contributed by atoms with Gasteiger partial charge in [-0.2, -0.15) is 0 Å². The molecule has 0 unspecified atom stereocenters. The Labute approximate surface area is 355 Å². The number of nitrogens with one attached hydrogen (secondary N) is 2. The number of ether oxygens (including phenoxy) is 7. The van der Waals surface area contributed by atoms with Crippen LogP contribution in [0.4, 0.5) is 10.5 Å². The summed E-state index contributed by atoms with van der Waals surface area (Å²) in [5.74, 6) is -1.43. The van der Waals surface area contributed by atoms with Gasteiger partial charge in [0, 0.05) is 54.2 Å². The Bertz CT molecular complexity index is 1590. The molecule has 0 saturated heterocycles. The topological polar surface area (TPSA) is 231 Å². The maximum absolute atomic E-state index is 13.4. The third kappa shape index (κ3) is 20.7. The number of carbonyl (C=O) groups is 5. The molecule has 2 aliphatic rings. The van der Waals surface area contributed by atoms with Crippen LogP contribution in [0.15, 0.2) is 45.8 Å². The Morgan fingerprint density at radius 3 is 1.90 bits per heavy atom. The van der Waals surface area contributed by atoms with Crippen LogP contribution >= 0.6 is 11.9 Å². The quantitative estimate of drug-likeness (QED) is 0.0398. The molecular formula is C39H59N7O13S. The van der Waals surface area contributed by atoms with Gasteiger partial charge in [0.25, 0.3) is 17.7 Å². The molecule has 5 amide bonds. The van der Waals surface area contributed by atoms with Crippen LogP contribution in [0, 0.1) is 0 Å². The molecule has 1 aromatic carbocycles. The highest BCUT2D eigenvalue weighted by Crippen LogP contribution is 2.32. The zero-order valence-corrected chi connectivity index (χ0v) is 35.5. The Morgan fingerprint density at radius 2 is 1.33 bits per heavy atom. The van der Waals surface area contributed by atoms with E-state index in [2.05, 4.69) is 15.6 Å². The molecule has 4 N–H and O–H groups in total. The van der Waals surface area contributed by atoms with Gasteiger partial charge >= 0.3 is 6.09 Å². The van der Waals surface area contributed by atoms with Gasteiger partial charge in [0.15, 0.2) is 0 Å². The van der Waals surface area contributed by atoms with Crippen molar-refractivity contribution in [2.45, 2.75) is 24.7 Å². The van der Waals surface area contributed by atoms with Crippen LogP contribution in [0.25, 0.3) is 6.08 Å². The van der Waals surface area contributed by atoms with E-state index in [-0.39, 0.29) is 58.4 Å². The van der Waals surface area contributed by atoms with Crippen LogP contribution in [0.1, 0.15) is 25.3 Å². The minimum absolute atomic E-state index is 0.0541. The molecule has 0 spiro atoms. The average molecular weight is 866 g/mol. The summed E-state index contributed by atoms with van der Waals surface area (Å²) in [4.78, 5) is 72.4. The Morgan fingerprint density at radius 1 is 0.783 bits per heavy atom. The van der Waals surface area contributed by atoms with Crippen LogP contribution in [0.3, 0.4) is 0 Å². The van der Waals surface area contributed by atoms with Gasteiger partial charge in [-0.1, -0.05) is 13.0 Å². The highest BCUT2D eigenvalue weighted by Gasteiger charge is 2.25. The summed E-state index contributed by atoms with van der Waals surface area (Å²) in [7, 11) is 3.91. The van der Waals surface area contributed by atoms with Crippen LogP contribution in [0.5, 0.6) is 0 Å². The van der Waals surface area contributed by atoms with Crippen molar-refractivity contribution < 1.29 is 62.0 Å². The maximum Gasteiger partial charge on any atom is 0.407 e. The van der Waals surface area contributed by atoms with Gasteiger partial charge in [0.2, 0.25) is 5.91 Å². The van der Waals surface area contributed by atoms with Crippen molar-refractivity contribution in [3.63, 3.8) is 0 Å². The van der Waals surface area contributed by atoms with E-state index in [1.165, 1.54) is 5.06 Å². The summed E-state index contributed by atoms with van der Waals surface area (Å²) in [5, 5.41) is 6.47. The first-order valence-electron chi connectivity index (χ1n) is 19.7. The first-order chi connectivity index (χ1) is 29.1. The molecule has 0 fully saturated rings. The molecule has 2 aliphatic heterocycles. The second kappa shape index (κ2) is 29.7. The number of amides is 5. The number of alkyl carbamates (subject to hydrolysis) is 1. The van der Waals surface area contributed by atoms with E-state index in [1.807, 2.05) is 43.5 Å². The Hall–Kier alpha value is -4.45. The second-order valence-corrected chi connectivity index (χ2v) is 14.4. The standard InChI is InChI=1S/C39H59N7O13S/c1-4-11-46(38(50)31-26-30-5-6-32(60-44(2)3)28-33(30)43-34(40)27-31)59-13-10-42-39(51)58-25-24-57-23-22-56-21-20-55-19-18-54-17-16-53-15-14-52-12-9-41-35(47)29-45-36(48)7-8-37(45)49/h5-8,26,28H,4,9-25,27,29H2,1-3H3,(H2,40,43)(H,41,47)(H,42,51). The van der Waals surface area contributed by atoms with E-state index >= 15 is 0 Å². The van der Waals surface area contributed by atoms with E-state index in [1.54, 1.807) is 18.0 Å². The Balaban J connectivity index is 1.08. The molecule has 1 aromatic rings. The summed E-state index contributed by atoms with van der Waals surface area (Å²) in [6, 6.07) is 5.83. The molecule has 0 atom stereocenters. The van der Waals surface area contributed by atoms with E-state index in [9.17, 15) is 24.0 Å². The molecule has 334 valence electrons. The largest absolute Gasteiger partial charge is 0.447 e. The molecule has 2 heterocycles. The lowest BCUT2D eigenvalue weighted by Crippen LogP contribution is -2.41. The molecule has 21 heteroatoms. The van der Waals surface area contributed by atoms with Crippen LogP contribution in [-0.2, 0) is 57.2 Å². The van der Waals surface area contributed by atoms with E-state index in [4.69, 9.17) is 43.7 Å². The number of nitrogens with two attached hydrogens (primary N) is 1. The van der Waals surface area contributed by atoms with Crippen molar-refractivity contribution in [2.75, 3.05) is 133 Å². The van der Waals surface area contributed by atoms with Crippen molar-refractivity contribution in [3.05, 3.63) is 41.5 Å². The number of imide groups is 1. The molecule has 0 bridgehead atoms.